The first kappa shape index (κ1) is 27.0. The maximum Gasteiger partial charge on any atom is 0.338 e. The first-order chi connectivity index (χ1) is 19.4. The molecule has 4 aromatic rings. The number of aromatic nitrogens is 1. The van der Waals surface area contributed by atoms with E-state index in [0.717, 1.165) is 5.56 Å². The number of carbonyl (C=O) groups is 1. The first-order valence-electron chi connectivity index (χ1n) is 12.7. The number of rotatable bonds is 7. The monoisotopic (exact) mass is 556 g/mol. The van der Waals surface area contributed by atoms with E-state index in [1.165, 1.54) is 30.1 Å². The Morgan fingerprint density at radius 1 is 1.07 bits per heavy atom. The lowest BCUT2D eigenvalue weighted by atomic mass is 9.92. The number of hydrogen-bond acceptors (Lipinski definition) is 8. The Balaban J connectivity index is 1.88. The Kier molecular flexibility index (Phi) is 7.57. The number of thiazole rings is 1. The molecule has 1 aromatic heterocycles. The van der Waals surface area contributed by atoms with Gasteiger partial charge in [-0.1, -0.05) is 59.9 Å². The van der Waals surface area contributed by atoms with Crippen LogP contribution in [0.2, 0.25) is 0 Å². The highest BCUT2D eigenvalue weighted by Gasteiger charge is 2.37. The number of phenolic OH excluding ortho intramolecular Hbond substituents is 1. The summed E-state index contributed by atoms with van der Waals surface area (Å²) in [4.78, 5) is 33.0. The van der Waals surface area contributed by atoms with Crippen LogP contribution in [0.25, 0.3) is 11.8 Å². The number of para-hydroxylation sites is 1. The Labute approximate surface area is 234 Å². The van der Waals surface area contributed by atoms with Crippen LogP contribution < -0.4 is 24.4 Å². The zero-order chi connectivity index (χ0) is 28.4. The molecule has 1 N–H and O–H groups in total. The van der Waals surface area contributed by atoms with Crippen molar-refractivity contribution in [2.45, 2.75) is 19.9 Å². The summed E-state index contributed by atoms with van der Waals surface area (Å²) in [6.45, 7) is 3.68. The van der Waals surface area contributed by atoms with Gasteiger partial charge in [-0.25, -0.2) is 9.79 Å². The molecule has 0 fully saturated rings. The van der Waals surface area contributed by atoms with Gasteiger partial charge in [0.15, 0.2) is 16.3 Å². The summed E-state index contributed by atoms with van der Waals surface area (Å²) in [7, 11) is 3.05. The molecule has 2 heterocycles. The SMILES string of the molecule is CCOC(=O)C1=C(c2ccccc2)N=c2sc(=Cc3ccc(O)c(C)c3)c(=O)n2C1c1cccc(OC)c1OC. The molecule has 0 aliphatic carbocycles. The summed E-state index contributed by atoms with van der Waals surface area (Å²) < 4.78 is 18.8. The van der Waals surface area contributed by atoms with Gasteiger partial charge < -0.3 is 19.3 Å². The van der Waals surface area contributed by atoms with Gasteiger partial charge in [0.05, 0.1) is 36.6 Å². The number of hydrogen-bond donors (Lipinski definition) is 1. The summed E-state index contributed by atoms with van der Waals surface area (Å²) >= 11 is 1.22. The van der Waals surface area contributed by atoms with E-state index >= 15 is 0 Å². The average Bonchev–Trinajstić information content (AvgIpc) is 3.28. The number of carbonyl (C=O) groups excluding carboxylic acids is 1. The molecule has 0 bridgehead atoms. The number of ether oxygens (including phenoxy) is 3. The molecule has 204 valence electrons. The number of fused-ring (bicyclic) bond motifs is 1. The molecule has 1 aliphatic heterocycles. The number of nitrogens with zero attached hydrogens (tertiary/aromatic N) is 2. The van der Waals surface area contributed by atoms with Crippen molar-refractivity contribution < 1.29 is 24.1 Å². The van der Waals surface area contributed by atoms with Gasteiger partial charge in [0.1, 0.15) is 11.8 Å². The Bertz CT molecular complexity index is 1800. The molecule has 1 aliphatic rings. The standard InChI is InChI=1S/C31H28N2O6S/c1-5-39-30(36)25-26(20-10-7-6-8-11-20)32-31-33(27(25)21-12-9-13-23(37-3)28(21)38-4)29(35)24(40-31)17-19-14-15-22(34)18(2)16-19/h6-17,27,34H,5H2,1-4H3. The van der Waals surface area contributed by atoms with E-state index in [2.05, 4.69) is 0 Å². The summed E-state index contributed by atoms with van der Waals surface area (Å²) in [5.41, 5.74) is 3.03. The summed E-state index contributed by atoms with van der Waals surface area (Å²) in [6.07, 6.45) is 1.76. The maximum absolute atomic E-state index is 14.1. The van der Waals surface area contributed by atoms with Gasteiger partial charge >= 0.3 is 5.97 Å². The van der Waals surface area contributed by atoms with Crippen molar-refractivity contribution in [2.75, 3.05) is 20.8 Å². The lowest BCUT2D eigenvalue weighted by molar-refractivity contribution is -0.138. The molecule has 1 unspecified atom stereocenters. The predicted molar refractivity (Wildman–Crippen MR) is 153 cm³/mol. The number of phenols is 1. The topological polar surface area (TPSA) is 99.4 Å². The van der Waals surface area contributed by atoms with E-state index in [1.807, 2.05) is 30.3 Å². The zero-order valence-electron chi connectivity index (χ0n) is 22.5. The fourth-order valence-corrected chi connectivity index (χ4v) is 5.78. The third kappa shape index (κ3) is 4.80. The lowest BCUT2D eigenvalue weighted by Gasteiger charge is -2.27. The molecule has 5 rings (SSSR count). The third-order valence-corrected chi connectivity index (χ3v) is 7.60. The van der Waals surface area contributed by atoms with Crippen molar-refractivity contribution in [3.63, 3.8) is 0 Å². The molecule has 0 saturated carbocycles. The highest BCUT2D eigenvalue weighted by atomic mass is 32.1. The molecule has 9 heteroatoms. The highest BCUT2D eigenvalue weighted by Crippen LogP contribution is 2.42. The van der Waals surface area contributed by atoms with Gasteiger partial charge in [0, 0.05) is 11.1 Å². The second kappa shape index (κ2) is 11.2. The summed E-state index contributed by atoms with van der Waals surface area (Å²) in [5, 5.41) is 9.95. The lowest BCUT2D eigenvalue weighted by Crippen LogP contribution is -2.40. The summed E-state index contributed by atoms with van der Waals surface area (Å²) in [5.74, 6) is 0.455. The van der Waals surface area contributed by atoms with E-state index in [0.29, 0.717) is 43.2 Å². The van der Waals surface area contributed by atoms with Crippen molar-refractivity contribution >= 4 is 29.1 Å². The second-order valence-corrected chi connectivity index (χ2v) is 10.1. The van der Waals surface area contributed by atoms with Crippen molar-refractivity contribution in [1.82, 2.24) is 4.57 Å². The molecule has 0 saturated heterocycles. The third-order valence-electron chi connectivity index (χ3n) is 6.62. The van der Waals surface area contributed by atoms with Crippen LogP contribution in [0.5, 0.6) is 17.2 Å². The summed E-state index contributed by atoms with van der Waals surface area (Å²) in [6, 6.07) is 18.9. The normalized spacial score (nSPS) is 14.9. The highest BCUT2D eigenvalue weighted by molar-refractivity contribution is 7.07. The smallest absolute Gasteiger partial charge is 0.338 e. The molecule has 0 spiro atoms. The number of aromatic hydroxyl groups is 1. The van der Waals surface area contributed by atoms with Crippen molar-refractivity contribution in [3.8, 4) is 17.2 Å². The largest absolute Gasteiger partial charge is 0.508 e. The van der Waals surface area contributed by atoms with Crippen LogP contribution in [0, 0.1) is 6.92 Å². The zero-order valence-corrected chi connectivity index (χ0v) is 23.3. The molecular weight excluding hydrogens is 528 g/mol. The predicted octanol–water partition coefficient (Wildman–Crippen LogP) is 3.97. The molecule has 8 nitrogen and oxygen atoms in total. The fraction of sp³-hybridized carbons (Fsp3) is 0.194. The number of aryl methyl sites for hydroxylation is 1. The quantitative estimate of drug-likeness (QED) is 0.346. The molecular formula is C31H28N2O6S. The molecule has 1 atom stereocenters. The first-order valence-corrected chi connectivity index (χ1v) is 13.5. The molecule has 3 aromatic carbocycles. The van der Waals surface area contributed by atoms with Gasteiger partial charge in [-0.15, -0.1) is 0 Å². The molecule has 40 heavy (non-hydrogen) atoms. The Morgan fingerprint density at radius 2 is 1.85 bits per heavy atom. The Morgan fingerprint density at radius 3 is 2.52 bits per heavy atom. The van der Waals surface area contributed by atoms with E-state index in [-0.39, 0.29) is 23.5 Å². The molecule has 0 radical (unpaired) electrons. The van der Waals surface area contributed by atoms with Gasteiger partial charge in [0.2, 0.25) is 0 Å². The van der Waals surface area contributed by atoms with Gasteiger partial charge in [-0.3, -0.25) is 9.36 Å². The van der Waals surface area contributed by atoms with Gasteiger partial charge in [-0.05, 0) is 49.2 Å². The van der Waals surface area contributed by atoms with E-state index in [1.54, 1.807) is 56.3 Å². The average molecular weight is 557 g/mol. The van der Waals surface area contributed by atoms with Crippen LogP contribution in [-0.2, 0) is 9.53 Å². The number of benzene rings is 3. The van der Waals surface area contributed by atoms with Gasteiger partial charge in [0.25, 0.3) is 5.56 Å². The van der Waals surface area contributed by atoms with E-state index < -0.39 is 12.0 Å². The van der Waals surface area contributed by atoms with Crippen LogP contribution in [0.1, 0.15) is 35.2 Å². The minimum absolute atomic E-state index is 0.150. The maximum atomic E-state index is 14.1. The minimum atomic E-state index is -0.903. The van der Waals surface area contributed by atoms with Gasteiger partial charge in [-0.2, -0.15) is 0 Å². The van der Waals surface area contributed by atoms with Crippen LogP contribution in [-0.4, -0.2) is 36.5 Å². The van der Waals surface area contributed by atoms with Crippen molar-refractivity contribution in [2.24, 2.45) is 4.99 Å². The van der Waals surface area contributed by atoms with Crippen LogP contribution in [0.3, 0.4) is 0 Å². The second-order valence-electron chi connectivity index (χ2n) is 9.06. The molecule has 0 amide bonds. The number of esters is 1. The minimum Gasteiger partial charge on any atom is -0.508 e. The van der Waals surface area contributed by atoms with Crippen LogP contribution in [0.4, 0.5) is 0 Å². The Hall–Kier alpha value is -4.63. The van der Waals surface area contributed by atoms with Crippen LogP contribution >= 0.6 is 11.3 Å². The van der Waals surface area contributed by atoms with Crippen molar-refractivity contribution in [1.29, 1.82) is 0 Å². The fourth-order valence-electron chi connectivity index (χ4n) is 4.78. The van der Waals surface area contributed by atoms with E-state index in [4.69, 9.17) is 19.2 Å². The van der Waals surface area contributed by atoms with Crippen LogP contribution in [0.15, 0.2) is 82.1 Å². The van der Waals surface area contributed by atoms with Crippen molar-refractivity contribution in [3.05, 3.63) is 114 Å². The van der Waals surface area contributed by atoms with E-state index in [9.17, 15) is 14.7 Å². The number of methoxy groups -OCH3 is 2.